The fourth-order valence-corrected chi connectivity index (χ4v) is 2.27. The fraction of sp³-hybridized carbons (Fsp3) is 0.312. The maximum absolute atomic E-state index is 9.81. The van der Waals surface area contributed by atoms with Crippen LogP contribution in [0.5, 0.6) is 5.75 Å². The standard InChI is InChI=1S/C16H19ClN2O/c1-3-14(12-5-7-13(17)8-6-12)18-10-15-16(20)9-4-11(2)19-15/h4-9,14,18,20H,3,10H2,1-2H3. The first-order valence-electron chi connectivity index (χ1n) is 6.74. The van der Waals surface area contributed by atoms with Crippen molar-refractivity contribution in [1.29, 1.82) is 0 Å². The van der Waals surface area contributed by atoms with E-state index < -0.39 is 0 Å². The van der Waals surface area contributed by atoms with E-state index in [1.165, 1.54) is 5.56 Å². The number of aromatic nitrogens is 1. The van der Waals surface area contributed by atoms with Crippen LogP contribution in [0, 0.1) is 6.92 Å². The molecule has 1 atom stereocenters. The summed E-state index contributed by atoms with van der Waals surface area (Å²) in [5, 5.41) is 14.0. The van der Waals surface area contributed by atoms with Gasteiger partial charge in [0.15, 0.2) is 0 Å². The van der Waals surface area contributed by atoms with Gasteiger partial charge in [-0.3, -0.25) is 4.98 Å². The Morgan fingerprint density at radius 1 is 1.20 bits per heavy atom. The second-order valence-electron chi connectivity index (χ2n) is 4.81. The van der Waals surface area contributed by atoms with E-state index in [0.29, 0.717) is 12.2 Å². The Morgan fingerprint density at radius 3 is 2.55 bits per heavy atom. The number of hydrogen-bond donors (Lipinski definition) is 2. The zero-order valence-corrected chi connectivity index (χ0v) is 12.5. The van der Waals surface area contributed by atoms with Crippen molar-refractivity contribution >= 4 is 11.6 Å². The van der Waals surface area contributed by atoms with Crippen LogP contribution < -0.4 is 5.32 Å². The molecular formula is C16H19ClN2O. The van der Waals surface area contributed by atoms with Crippen molar-refractivity contribution in [2.24, 2.45) is 0 Å². The van der Waals surface area contributed by atoms with E-state index in [4.69, 9.17) is 11.6 Å². The van der Waals surface area contributed by atoms with Gasteiger partial charge in [0.1, 0.15) is 5.75 Å². The van der Waals surface area contributed by atoms with Gasteiger partial charge in [-0.25, -0.2) is 0 Å². The molecule has 2 aromatic rings. The third-order valence-electron chi connectivity index (χ3n) is 3.29. The molecule has 2 N–H and O–H groups in total. The van der Waals surface area contributed by atoms with Gasteiger partial charge in [0, 0.05) is 23.3 Å². The highest BCUT2D eigenvalue weighted by atomic mass is 35.5. The van der Waals surface area contributed by atoms with Crippen LogP contribution in [-0.2, 0) is 6.54 Å². The molecule has 0 saturated carbocycles. The van der Waals surface area contributed by atoms with Crippen molar-refractivity contribution in [2.75, 3.05) is 0 Å². The quantitative estimate of drug-likeness (QED) is 0.875. The number of pyridine rings is 1. The molecule has 106 valence electrons. The van der Waals surface area contributed by atoms with E-state index in [1.807, 2.05) is 31.2 Å². The average molecular weight is 291 g/mol. The molecule has 1 heterocycles. The van der Waals surface area contributed by atoms with E-state index in [2.05, 4.69) is 17.2 Å². The normalized spacial score (nSPS) is 12.3. The van der Waals surface area contributed by atoms with Crippen molar-refractivity contribution in [3.05, 3.63) is 58.4 Å². The van der Waals surface area contributed by atoms with Gasteiger partial charge in [-0.1, -0.05) is 30.7 Å². The second-order valence-corrected chi connectivity index (χ2v) is 5.25. The number of benzene rings is 1. The minimum Gasteiger partial charge on any atom is -0.506 e. The van der Waals surface area contributed by atoms with Gasteiger partial charge in [0.05, 0.1) is 5.69 Å². The highest BCUT2D eigenvalue weighted by Crippen LogP contribution is 2.21. The molecular weight excluding hydrogens is 272 g/mol. The van der Waals surface area contributed by atoms with E-state index >= 15 is 0 Å². The molecule has 0 bridgehead atoms. The van der Waals surface area contributed by atoms with Crippen LogP contribution in [0.15, 0.2) is 36.4 Å². The molecule has 20 heavy (non-hydrogen) atoms. The number of aromatic hydroxyl groups is 1. The summed E-state index contributed by atoms with van der Waals surface area (Å²) in [6, 6.07) is 11.5. The number of nitrogens with one attached hydrogen (secondary N) is 1. The van der Waals surface area contributed by atoms with Gasteiger partial charge >= 0.3 is 0 Å². The molecule has 0 aliphatic rings. The number of halogens is 1. The zero-order valence-electron chi connectivity index (χ0n) is 11.7. The van der Waals surface area contributed by atoms with Gasteiger partial charge < -0.3 is 10.4 Å². The molecule has 0 fully saturated rings. The summed E-state index contributed by atoms with van der Waals surface area (Å²) in [7, 11) is 0. The molecule has 0 amide bonds. The lowest BCUT2D eigenvalue weighted by Crippen LogP contribution is -2.21. The van der Waals surface area contributed by atoms with E-state index in [0.717, 1.165) is 17.1 Å². The molecule has 0 saturated heterocycles. The smallest absolute Gasteiger partial charge is 0.138 e. The predicted molar refractivity (Wildman–Crippen MR) is 82.0 cm³/mol. The van der Waals surface area contributed by atoms with E-state index in [-0.39, 0.29) is 11.8 Å². The number of aryl methyl sites for hydroxylation is 1. The van der Waals surface area contributed by atoms with Crippen LogP contribution in [0.25, 0.3) is 0 Å². The van der Waals surface area contributed by atoms with Gasteiger partial charge in [0.2, 0.25) is 0 Å². The molecule has 1 aromatic carbocycles. The largest absolute Gasteiger partial charge is 0.506 e. The number of rotatable bonds is 5. The van der Waals surface area contributed by atoms with Crippen molar-refractivity contribution in [2.45, 2.75) is 32.9 Å². The van der Waals surface area contributed by atoms with Crippen molar-refractivity contribution in [3.8, 4) is 5.75 Å². The Morgan fingerprint density at radius 2 is 1.90 bits per heavy atom. The Balaban J connectivity index is 2.07. The first-order chi connectivity index (χ1) is 9.60. The third kappa shape index (κ3) is 3.71. The summed E-state index contributed by atoms with van der Waals surface area (Å²) in [5.74, 6) is 0.231. The van der Waals surface area contributed by atoms with Gasteiger partial charge in [0.25, 0.3) is 0 Å². The third-order valence-corrected chi connectivity index (χ3v) is 3.54. The molecule has 0 aliphatic carbocycles. The summed E-state index contributed by atoms with van der Waals surface area (Å²) in [6.07, 6.45) is 0.953. The van der Waals surface area contributed by atoms with Gasteiger partial charge in [-0.05, 0) is 43.2 Å². The van der Waals surface area contributed by atoms with Gasteiger partial charge in [-0.2, -0.15) is 0 Å². The van der Waals surface area contributed by atoms with E-state index in [1.54, 1.807) is 12.1 Å². The lowest BCUT2D eigenvalue weighted by Gasteiger charge is -2.18. The predicted octanol–water partition coefficient (Wildman–Crippen LogP) is 3.99. The monoisotopic (exact) mass is 290 g/mol. The summed E-state index contributed by atoms with van der Waals surface area (Å²) in [5.41, 5.74) is 2.76. The lowest BCUT2D eigenvalue weighted by molar-refractivity contribution is 0.448. The highest BCUT2D eigenvalue weighted by molar-refractivity contribution is 6.30. The molecule has 0 spiro atoms. The van der Waals surface area contributed by atoms with Gasteiger partial charge in [-0.15, -0.1) is 0 Å². The maximum Gasteiger partial charge on any atom is 0.138 e. The summed E-state index contributed by atoms with van der Waals surface area (Å²) < 4.78 is 0. The molecule has 4 heteroatoms. The minimum atomic E-state index is 0.217. The molecule has 0 radical (unpaired) electrons. The van der Waals surface area contributed by atoms with Crippen molar-refractivity contribution < 1.29 is 5.11 Å². The Kier molecular flexibility index (Phi) is 4.99. The first-order valence-corrected chi connectivity index (χ1v) is 7.12. The molecule has 0 aliphatic heterocycles. The van der Waals surface area contributed by atoms with Crippen LogP contribution in [0.3, 0.4) is 0 Å². The Bertz CT molecular complexity index is 569. The molecule has 1 unspecified atom stereocenters. The van der Waals surface area contributed by atoms with E-state index in [9.17, 15) is 5.11 Å². The topological polar surface area (TPSA) is 45.2 Å². The summed E-state index contributed by atoms with van der Waals surface area (Å²) in [6.45, 7) is 4.57. The van der Waals surface area contributed by atoms with Crippen LogP contribution in [0.1, 0.15) is 36.3 Å². The van der Waals surface area contributed by atoms with Crippen molar-refractivity contribution in [3.63, 3.8) is 0 Å². The van der Waals surface area contributed by atoms with Crippen LogP contribution in [0.4, 0.5) is 0 Å². The number of nitrogens with zero attached hydrogens (tertiary/aromatic N) is 1. The number of hydrogen-bond acceptors (Lipinski definition) is 3. The highest BCUT2D eigenvalue weighted by Gasteiger charge is 2.10. The van der Waals surface area contributed by atoms with Crippen LogP contribution in [0.2, 0.25) is 5.02 Å². The average Bonchev–Trinajstić information content (AvgIpc) is 2.45. The first kappa shape index (κ1) is 14.8. The Labute approximate surface area is 124 Å². The summed E-state index contributed by atoms with van der Waals surface area (Å²) >= 11 is 5.91. The SMILES string of the molecule is CCC(NCc1nc(C)ccc1O)c1ccc(Cl)cc1. The van der Waals surface area contributed by atoms with Crippen LogP contribution >= 0.6 is 11.6 Å². The van der Waals surface area contributed by atoms with Crippen LogP contribution in [-0.4, -0.2) is 10.1 Å². The minimum absolute atomic E-state index is 0.217. The maximum atomic E-state index is 9.81. The summed E-state index contributed by atoms with van der Waals surface area (Å²) in [4.78, 5) is 4.35. The fourth-order valence-electron chi connectivity index (χ4n) is 2.15. The van der Waals surface area contributed by atoms with Crippen molar-refractivity contribution in [1.82, 2.24) is 10.3 Å². The lowest BCUT2D eigenvalue weighted by atomic mass is 10.0. The second kappa shape index (κ2) is 6.73. The molecule has 2 rings (SSSR count). The molecule has 1 aromatic heterocycles. The zero-order chi connectivity index (χ0) is 14.5. The molecule has 3 nitrogen and oxygen atoms in total. The Hall–Kier alpha value is -1.58.